The van der Waals surface area contributed by atoms with Crippen molar-refractivity contribution in [3.8, 4) is 17.2 Å². The van der Waals surface area contributed by atoms with Crippen molar-refractivity contribution in [3.63, 3.8) is 0 Å². The molecule has 0 saturated heterocycles. The zero-order chi connectivity index (χ0) is 19.8. The molecule has 4 nitrogen and oxygen atoms in total. The summed E-state index contributed by atoms with van der Waals surface area (Å²) < 4.78 is 6.10. The maximum Gasteiger partial charge on any atom is 0.193 e. The largest absolute Gasteiger partial charge is 0.507 e. The summed E-state index contributed by atoms with van der Waals surface area (Å²) in [6, 6.07) is 10.8. The molecule has 2 aliphatic rings. The first-order valence-electron chi connectivity index (χ1n) is 9.66. The zero-order valence-corrected chi connectivity index (χ0v) is 16.1. The zero-order valence-electron chi connectivity index (χ0n) is 16.1. The average molecular weight is 376 g/mol. The van der Waals surface area contributed by atoms with Crippen molar-refractivity contribution in [2.45, 2.75) is 38.7 Å². The first kappa shape index (κ1) is 18.4. The van der Waals surface area contributed by atoms with E-state index >= 15 is 0 Å². The number of hydrogen-bond donors (Lipinski definition) is 2. The van der Waals surface area contributed by atoms with Crippen molar-refractivity contribution in [1.29, 1.82) is 0 Å². The van der Waals surface area contributed by atoms with Crippen LogP contribution in [-0.4, -0.2) is 22.1 Å². The number of phenolic OH excluding ortho intramolecular Hbond substituents is 2. The molecule has 1 heterocycles. The Hall–Kier alpha value is -3.01. The first-order valence-corrected chi connectivity index (χ1v) is 9.66. The number of ketones is 1. The number of benzene rings is 2. The molecule has 4 rings (SSSR count). The molecular weight excluding hydrogens is 352 g/mol. The van der Waals surface area contributed by atoms with E-state index in [0.717, 1.165) is 18.4 Å². The van der Waals surface area contributed by atoms with Gasteiger partial charge in [0.1, 0.15) is 22.8 Å². The predicted molar refractivity (Wildman–Crippen MR) is 109 cm³/mol. The molecule has 0 radical (unpaired) electrons. The van der Waals surface area contributed by atoms with Gasteiger partial charge in [-0.25, -0.2) is 0 Å². The molecule has 3 unspecified atom stereocenters. The number of fused-ring (bicyclic) bond motifs is 3. The highest BCUT2D eigenvalue weighted by atomic mass is 16.5. The van der Waals surface area contributed by atoms with Crippen LogP contribution in [0.1, 0.15) is 54.1 Å². The molecule has 2 N–H and O–H groups in total. The molecule has 144 valence electrons. The van der Waals surface area contributed by atoms with Gasteiger partial charge < -0.3 is 14.9 Å². The third-order valence-corrected chi connectivity index (χ3v) is 5.79. The summed E-state index contributed by atoms with van der Waals surface area (Å²) in [5, 5.41) is 21.0. The maximum atomic E-state index is 12.9. The van der Waals surface area contributed by atoms with E-state index in [4.69, 9.17) is 4.74 Å². The molecule has 0 fully saturated rings. The Kier molecular flexibility index (Phi) is 4.71. The van der Waals surface area contributed by atoms with Gasteiger partial charge >= 0.3 is 0 Å². The topological polar surface area (TPSA) is 66.8 Å². The maximum absolute atomic E-state index is 12.9. The van der Waals surface area contributed by atoms with E-state index in [2.05, 4.69) is 13.0 Å². The van der Waals surface area contributed by atoms with Crippen LogP contribution in [0.25, 0.3) is 6.08 Å². The second-order valence-corrected chi connectivity index (χ2v) is 7.71. The van der Waals surface area contributed by atoms with Crippen LogP contribution in [0.2, 0.25) is 0 Å². The van der Waals surface area contributed by atoms with E-state index in [1.807, 2.05) is 37.3 Å². The normalized spacial score (nSPS) is 23.5. The molecule has 2 aromatic rings. The van der Waals surface area contributed by atoms with Crippen molar-refractivity contribution in [3.05, 3.63) is 70.8 Å². The van der Waals surface area contributed by atoms with Gasteiger partial charge in [0.15, 0.2) is 5.78 Å². The molecule has 0 bridgehead atoms. The Balaban J connectivity index is 1.80. The van der Waals surface area contributed by atoms with E-state index in [0.29, 0.717) is 11.3 Å². The molecular formula is C24H24O4. The Labute approximate surface area is 164 Å². The van der Waals surface area contributed by atoms with E-state index in [1.54, 1.807) is 6.08 Å². The summed E-state index contributed by atoms with van der Waals surface area (Å²) in [5.41, 5.74) is 2.88. The highest BCUT2D eigenvalue weighted by molar-refractivity contribution is 6.11. The van der Waals surface area contributed by atoms with Crippen LogP contribution in [0.5, 0.6) is 17.2 Å². The molecule has 28 heavy (non-hydrogen) atoms. The number of allylic oxidation sites excluding steroid dienone is 3. The van der Waals surface area contributed by atoms with Gasteiger partial charge in [0.25, 0.3) is 0 Å². The number of ether oxygens (including phenoxy) is 1. The summed E-state index contributed by atoms with van der Waals surface area (Å²) >= 11 is 0. The van der Waals surface area contributed by atoms with Crippen molar-refractivity contribution in [2.75, 3.05) is 0 Å². The number of carbonyl (C=O) groups is 1. The minimum absolute atomic E-state index is 0.0160. The fourth-order valence-electron chi connectivity index (χ4n) is 4.33. The number of rotatable bonds is 3. The lowest BCUT2D eigenvalue weighted by molar-refractivity contribution is 0.0965. The van der Waals surface area contributed by atoms with Crippen molar-refractivity contribution < 1.29 is 19.7 Å². The lowest BCUT2D eigenvalue weighted by Gasteiger charge is -2.40. The third-order valence-electron chi connectivity index (χ3n) is 5.79. The Morgan fingerprint density at radius 2 is 1.93 bits per heavy atom. The van der Waals surface area contributed by atoms with Crippen molar-refractivity contribution in [2.24, 2.45) is 5.92 Å². The lowest BCUT2D eigenvalue weighted by atomic mass is 9.72. The van der Waals surface area contributed by atoms with Gasteiger partial charge in [-0.3, -0.25) is 4.79 Å². The standard InChI is InChI=1S/C24H24O4/c1-14-8-10-17-15(2)28-24-22(18(17)12-14)20(26)13-21(27)23(24)19(25)11-9-16-6-4-3-5-7-16/h3-7,9,11-13,15,17-18,26-27H,8,10H2,1-2H3/b11-9+. The second-order valence-electron chi connectivity index (χ2n) is 7.71. The smallest absolute Gasteiger partial charge is 0.193 e. The van der Waals surface area contributed by atoms with Gasteiger partial charge in [0.05, 0.1) is 6.10 Å². The fourth-order valence-corrected chi connectivity index (χ4v) is 4.33. The van der Waals surface area contributed by atoms with Crippen LogP contribution in [0.4, 0.5) is 0 Å². The van der Waals surface area contributed by atoms with Crippen LogP contribution in [0.15, 0.2) is 54.1 Å². The Bertz CT molecular complexity index is 972. The second kappa shape index (κ2) is 7.19. The van der Waals surface area contributed by atoms with Crippen LogP contribution in [-0.2, 0) is 0 Å². The molecule has 0 amide bonds. The van der Waals surface area contributed by atoms with Crippen molar-refractivity contribution >= 4 is 11.9 Å². The minimum atomic E-state index is -0.347. The number of phenols is 2. The molecule has 2 aromatic carbocycles. The summed E-state index contributed by atoms with van der Waals surface area (Å²) in [4.78, 5) is 12.9. The third kappa shape index (κ3) is 3.19. The van der Waals surface area contributed by atoms with Gasteiger partial charge in [-0.15, -0.1) is 0 Å². The number of carbonyl (C=O) groups excluding carboxylic acids is 1. The molecule has 4 heteroatoms. The summed E-state index contributed by atoms with van der Waals surface area (Å²) in [6.45, 7) is 4.08. The van der Waals surface area contributed by atoms with Gasteiger partial charge in [0.2, 0.25) is 0 Å². The van der Waals surface area contributed by atoms with Gasteiger partial charge in [-0.05, 0) is 38.3 Å². The monoisotopic (exact) mass is 376 g/mol. The molecule has 0 spiro atoms. The van der Waals surface area contributed by atoms with Gasteiger partial charge in [-0.1, -0.05) is 48.1 Å². The molecule has 3 atom stereocenters. The Morgan fingerprint density at radius 1 is 1.18 bits per heavy atom. The Morgan fingerprint density at radius 3 is 2.68 bits per heavy atom. The SMILES string of the molecule is CC1=CC2c3c(O)cc(O)c(C(=O)/C=C/c4ccccc4)c3OC(C)C2CC1. The van der Waals surface area contributed by atoms with Gasteiger partial charge in [-0.2, -0.15) is 0 Å². The predicted octanol–water partition coefficient (Wildman–Crippen LogP) is 5.21. The van der Waals surface area contributed by atoms with Crippen LogP contribution in [0.3, 0.4) is 0 Å². The molecule has 1 aliphatic carbocycles. The van der Waals surface area contributed by atoms with Crippen LogP contribution < -0.4 is 4.74 Å². The number of hydrogen-bond acceptors (Lipinski definition) is 4. The van der Waals surface area contributed by atoms with E-state index in [1.165, 1.54) is 17.7 Å². The summed E-state index contributed by atoms with van der Waals surface area (Å²) in [6.07, 6.45) is 7.19. The van der Waals surface area contributed by atoms with Gasteiger partial charge in [0, 0.05) is 23.5 Å². The fraction of sp³-hybridized carbons (Fsp3) is 0.292. The molecule has 1 aliphatic heterocycles. The van der Waals surface area contributed by atoms with E-state index in [-0.39, 0.29) is 40.8 Å². The highest BCUT2D eigenvalue weighted by Gasteiger charge is 2.41. The quantitative estimate of drug-likeness (QED) is 0.438. The van der Waals surface area contributed by atoms with E-state index < -0.39 is 0 Å². The summed E-state index contributed by atoms with van der Waals surface area (Å²) in [5.74, 6) is -0.100. The first-order chi connectivity index (χ1) is 13.5. The summed E-state index contributed by atoms with van der Waals surface area (Å²) in [7, 11) is 0. The lowest BCUT2D eigenvalue weighted by Crippen LogP contribution is -2.35. The van der Waals surface area contributed by atoms with E-state index in [9.17, 15) is 15.0 Å². The van der Waals surface area contributed by atoms with Crippen molar-refractivity contribution in [1.82, 2.24) is 0 Å². The average Bonchev–Trinajstić information content (AvgIpc) is 2.66. The minimum Gasteiger partial charge on any atom is -0.507 e. The molecule has 0 aromatic heterocycles. The van der Waals surface area contributed by atoms with Crippen LogP contribution in [0, 0.1) is 5.92 Å². The number of aromatic hydroxyl groups is 2. The van der Waals surface area contributed by atoms with Crippen LogP contribution >= 0.6 is 0 Å². The highest BCUT2D eigenvalue weighted by Crippen LogP contribution is 2.52. The molecule has 0 saturated carbocycles.